The smallest absolute Gasteiger partial charge is 0.0675 e. The molecule has 0 heterocycles. The second-order valence-electron chi connectivity index (χ2n) is 1.74. The normalized spacial score (nSPS) is 7.75. The van der Waals surface area contributed by atoms with Crippen LogP contribution < -0.4 is 0 Å². The third-order valence-electron chi connectivity index (χ3n) is 0.777. The molecular weight excluding hydrogens is 166 g/mol. The Bertz CT molecular complexity index is 137. The Balaban J connectivity index is 3.85. The lowest BCUT2D eigenvalue weighted by Gasteiger charge is -1.90. The van der Waals surface area contributed by atoms with Crippen LogP contribution in [-0.2, 0) is 0 Å². The molecule has 0 aromatic rings. The second kappa shape index (κ2) is 3.68. The van der Waals surface area contributed by atoms with E-state index in [0.717, 1.165) is 4.48 Å². The molecule has 0 amide bonds. The summed E-state index contributed by atoms with van der Waals surface area (Å²) in [5.41, 5.74) is 1.17. The lowest BCUT2D eigenvalue weighted by molar-refractivity contribution is 1.25. The zero-order chi connectivity index (χ0) is 6.57. The summed E-state index contributed by atoms with van der Waals surface area (Å²) >= 11 is 3.26. The zero-order valence-electron chi connectivity index (χ0n) is 5.03. The molecule has 44 valence electrons. The van der Waals surface area contributed by atoms with Gasteiger partial charge in [0.1, 0.15) is 0 Å². The van der Waals surface area contributed by atoms with Crippen LogP contribution >= 0.6 is 15.9 Å². The van der Waals surface area contributed by atoms with E-state index in [-0.39, 0.29) is 0 Å². The van der Waals surface area contributed by atoms with Crippen LogP contribution in [0.15, 0.2) is 10.1 Å². The van der Waals surface area contributed by atoms with Gasteiger partial charge in [0.2, 0.25) is 0 Å². The first kappa shape index (κ1) is 7.71. The van der Waals surface area contributed by atoms with Crippen molar-refractivity contribution in [2.24, 2.45) is 0 Å². The van der Waals surface area contributed by atoms with Gasteiger partial charge in [-0.3, -0.25) is 0 Å². The molecule has 0 aliphatic rings. The molecule has 8 heavy (non-hydrogen) atoms. The second-order valence-corrected chi connectivity index (χ2v) is 2.70. The van der Waals surface area contributed by atoms with Crippen molar-refractivity contribution in [3.05, 3.63) is 10.1 Å². The highest BCUT2D eigenvalue weighted by atomic mass is 79.9. The van der Waals surface area contributed by atoms with Crippen molar-refractivity contribution < 1.29 is 0 Å². The van der Waals surface area contributed by atoms with Gasteiger partial charge in [0.25, 0.3) is 0 Å². The van der Waals surface area contributed by atoms with Gasteiger partial charge in [0.05, 0.1) is 12.5 Å². The van der Waals surface area contributed by atoms with E-state index in [1.165, 1.54) is 5.57 Å². The van der Waals surface area contributed by atoms with Crippen molar-refractivity contribution in [3.8, 4) is 6.07 Å². The van der Waals surface area contributed by atoms with E-state index in [4.69, 9.17) is 5.26 Å². The van der Waals surface area contributed by atoms with Crippen LogP contribution in [0, 0.1) is 11.3 Å². The summed E-state index contributed by atoms with van der Waals surface area (Å²) in [6.07, 6.45) is 0.488. The molecule has 0 bridgehead atoms. The summed E-state index contributed by atoms with van der Waals surface area (Å²) in [7, 11) is 0. The fraction of sp³-hybridized carbons (Fsp3) is 0.500. The topological polar surface area (TPSA) is 23.8 Å². The lowest BCUT2D eigenvalue weighted by Crippen LogP contribution is -1.71. The van der Waals surface area contributed by atoms with Gasteiger partial charge in [0, 0.05) is 4.48 Å². The Kier molecular flexibility index (Phi) is 3.55. The Morgan fingerprint density at radius 1 is 1.62 bits per heavy atom. The highest BCUT2D eigenvalue weighted by Crippen LogP contribution is 2.13. The largest absolute Gasteiger partial charge is 0.198 e. The highest BCUT2D eigenvalue weighted by Gasteiger charge is 1.89. The van der Waals surface area contributed by atoms with Crippen molar-refractivity contribution in [2.45, 2.75) is 20.3 Å². The Morgan fingerprint density at radius 3 is 2.25 bits per heavy atom. The monoisotopic (exact) mass is 173 g/mol. The van der Waals surface area contributed by atoms with E-state index in [9.17, 15) is 0 Å². The summed E-state index contributed by atoms with van der Waals surface area (Å²) in [5.74, 6) is 0. The molecule has 0 rings (SSSR count). The van der Waals surface area contributed by atoms with E-state index >= 15 is 0 Å². The average molecular weight is 174 g/mol. The minimum absolute atomic E-state index is 0.488. The number of nitriles is 1. The first-order valence-electron chi connectivity index (χ1n) is 2.37. The zero-order valence-corrected chi connectivity index (χ0v) is 6.62. The molecular formula is C6H8BrN. The van der Waals surface area contributed by atoms with Gasteiger partial charge in [-0.25, -0.2) is 0 Å². The van der Waals surface area contributed by atoms with E-state index in [1.807, 2.05) is 19.9 Å². The Labute approximate surface area is 58.1 Å². The summed E-state index contributed by atoms with van der Waals surface area (Å²) in [5, 5.41) is 8.17. The van der Waals surface area contributed by atoms with Gasteiger partial charge in [0.15, 0.2) is 0 Å². The van der Waals surface area contributed by atoms with Crippen LogP contribution in [0.5, 0.6) is 0 Å². The van der Waals surface area contributed by atoms with Crippen molar-refractivity contribution in [2.75, 3.05) is 0 Å². The van der Waals surface area contributed by atoms with Crippen molar-refractivity contribution in [1.82, 2.24) is 0 Å². The Hall–Kier alpha value is -0.290. The highest BCUT2D eigenvalue weighted by molar-refractivity contribution is 9.11. The molecule has 0 fully saturated rings. The summed E-state index contributed by atoms with van der Waals surface area (Å²) < 4.78 is 1.00. The van der Waals surface area contributed by atoms with E-state index in [1.54, 1.807) is 0 Å². The molecule has 0 aliphatic carbocycles. The van der Waals surface area contributed by atoms with Gasteiger partial charge in [-0.1, -0.05) is 21.5 Å². The van der Waals surface area contributed by atoms with Crippen LogP contribution in [0.4, 0.5) is 0 Å². The Morgan fingerprint density at radius 2 is 2.12 bits per heavy atom. The number of hydrogen-bond acceptors (Lipinski definition) is 1. The molecule has 2 heteroatoms. The molecule has 0 unspecified atom stereocenters. The van der Waals surface area contributed by atoms with E-state index < -0.39 is 0 Å². The summed E-state index contributed by atoms with van der Waals surface area (Å²) in [6, 6.07) is 2.04. The maximum atomic E-state index is 8.17. The molecule has 0 saturated carbocycles. The van der Waals surface area contributed by atoms with Crippen molar-refractivity contribution in [3.63, 3.8) is 0 Å². The molecule has 0 N–H and O–H groups in total. The number of hydrogen-bond donors (Lipinski definition) is 0. The fourth-order valence-electron chi connectivity index (χ4n) is 0.246. The molecule has 0 radical (unpaired) electrons. The van der Waals surface area contributed by atoms with Gasteiger partial charge in [-0.15, -0.1) is 0 Å². The number of halogens is 1. The minimum atomic E-state index is 0.488. The summed E-state index contributed by atoms with van der Waals surface area (Å²) in [4.78, 5) is 0. The number of nitrogens with zero attached hydrogens (tertiary/aromatic N) is 1. The predicted octanol–water partition coefficient (Wildman–Crippen LogP) is 2.59. The number of allylic oxidation sites excluding steroid dienone is 2. The molecule has 0 aliphatic heterocycles. The molecule has 0 spiro atoms. The van der Waals surface area contributed by atoms with Crippen LogP contribution in [0.3, 0.4) is 0 Å². The predicted molar refractivity (Wildman–Crippen MR) is 37.5 cm³/mol. The van der Waals surface area contributed by atoms with E-state index in [2.05, 4.69) is 15.9 Å². The SMILES string of the molecule is CC(C)=C(Br)CC#N. The minimum Gasteiger partial charge on any atom is -0.198 e. The first-order chi connectivity index (χ1) is 3.68. The fourth-order valence-corrected chi connectivity index (χ4v) is 0.372. The van der Waals surface area contributed by atoms with E-state index in [0.29, 0.717) is 6.42 Å². The van der Waals surface area contributed by atoms with Crippen molar-refractivity contribution >= 4 is 15.9 Å². The average Bonchev–Trinajstić information content (AvgIpc) is 1.67. The van der Waals surface area contributed by atoms with Gasteiger partial charge in [-0.05, 0) is 13.8 Å². The lowest BCUT2D eigenvalue weighted by atomic mass is 10.3. The molecule has 1 nitrogen and oxygen atoms in total. The van der Waals surface area contributed by atoms with Crippen LogP contribution in [0.25, 0.3) is 0 Å². The van der Waals surface area contributed by atoms with Gasteiger partial charge in [-0.2, -0.15) is 5.26 Å². The third-order valence-corrected chi connectivity index (χ3v) is 1.85. The summed E-state index contributed by atoms with van der Waals surface area (Å²) in [6.45, 7) is 3.95. The van der Waals surface area contributed by atoms with Gasteiger partial charge < -0.3 is 0 Å². The van der Waals surface area contributed by atoms with Crippen molar-refractivity contribution in [1.29, 1.82) is 5.26 Å². The molecule has 0 saturated heterocycles. The number of rotatable bonds is 1. The molecule has 0 aromatic heterocycles. The first-order valence-corrected chi connectivity index (χ1v) is 3.16. The quantitative estimate of drug-likeness (QED) is 0.599. The van der Waals surface area contributed by atoms with Crippen LogP contribution in [-0.4, -0.2) is 0 Å². The van der Waals surface area contributed by atoms with Crippen LogP contribution in [0.2, 0.25) is 0 Å². The maximum absolute atomic E-state index is 8.17. The standard InChI is InChI=1S/C6H8BrN/c1-5(2)6(7)3-4-8/h3H2,1-2H3. The molecule has 0 aromatic carbocycles. The van der Waals surface area contributed by atoms with Crippen LogP contribution in [0.1, 0.15) is 20.3 Å². The maximum Gasteiger partial charge on any atom is 0.0675 e. The molecule has 0 atom stereocenters. The van der Waals surface area contributed by atoms with Gasteiger partial charge >= 0.3 is 0 Å². The third kappa shape index (κ3) is 2.81.